The highest BCUT2D eigenvalue weighted by Gasteiger charge is 2.42. The number of carboxylic acid groups (broad SMARTS) is 1. The van der Waals surface area contributed by atoms with E-state index in [9.17, 15) is 9.90 Å². The number of carboxylic acids is 1. The van der Waals surface area contributed by atoms with E-state index >= 15 is 0 Å². The maximum absolute atomic E-state index is 11.2. The monoisotopic (exact) mass is 241 g/mol. The molecule has 0 saturated carbocycles. The van der Waals surface area contributed by atoms with Gasteiger partial charge in [-0.15, -0.1) is 0 Å². The van der Waals surface area contributed by atoms with Gasteiger partial charge in [0.25, 0.3) is 0 Å². The maximum Gasteiger partial charge on any atom is 0.353 e. The zero-order valence-electron chi connectivity index (χ0n) is 8.98. The van der Waals surface area contributed by atoms with Gasteiger partial charge in [-0.2, -0.15) is 4.41 Å². The van der Waals surface area contributed by atoms with Gasteiger partial charge in [0, 0.05) is 37.0 Å². The maximum atomic E-state index is 11.2. The minimum atomic E-state index is -0.774. The Morgan fingerprint density at radius 2 is 2.38 bits per heavy atom. The van der Waals surface area contributed by atoms with Gasteiger partial charge in [0.2, 0.25) is 0 Å². The second-order valence-corrected chi connectivity index (χ2v) is 5.49. The van der Waals surface area contributed by atoms with E-state index in [1.807, 2.05) is 4.90 Å². The van der Waals surface area contributed by atoms with Gasteiger partial charge in [-0.05, 0) is 24.8 Å². The summed E-state index contributed by atoms with van der Waals surface area (Å²) < 4.78 is 2.06. The van der Waals surface area contributed by atoms with Crippen molar-refractivity contribution in [1.29, 1.82) is 0 Å². The molecule has 3 heterocycles. The van der Waals surface area contributed by atoms with E-state index in [0.29, 0.717) is 11.7 Å². The fraction of sp³-hybridized carbons (Fsp3) is 0.700. The molecule has 0 aromatic carbocycles. The Bertz CT molecular complexity index is 352. The molecule has 2 saturated heterocycles. The third-order valence-electron chi connectivity index (χ3n) is 3.37. The van der Waals surface area contributed by atoms with Crippen LogP contribution in [0.3, 0.4) is 0 Å². The minimum Gasteiger partial charge on any atom is -0.477 e. The van der Waals surface area contributed by atoms with Crippen LogP contribution in [-0.4, -0.2) is 46.1 Å². The van der Waals surface area contributed by atoms with Gasteiger partial charge in [-0.1, -0.05) is 0 Å². The van der Waals surface area contributed by atoms with Crippen LogP contribution in [0, 0.1) is 0 Å². The SMILES string of the molecule is O=C(O)C1=C(SN2CCCN2)CC2CCN12. The lowest BCUT2D eigenvalue weighted by Gasteiger charge is -2.37. The molecule has 0 spiro atoms. The van der Waals surface area contributed by atoms with Gasteiger partial charge >= 0.3 is 5.97 Å². The molecule has 3 rings (SSSR count). The van der Waals surface area contributed by atoms with Crippen molar-refractivity contribution in [3.05, 3.63) is 10.6 Å². The normalized spacial score (nSPS) is 29.5. The molecule has 0 aromatic rings. The molecule has 3 aliphatic rings. The molecular formula is C10H15N3O2S. The van der Waals surface area contributed by atoms with Gasteiger partial charge < -0.3 is 10.0 Å². The molecular weight excluding hydrogens is 226 g/mol. The smallest absolute Gasteiger partial charge is 0.353 e. The number of nitrogens with zero attached hydrogens (tertiary/aromatic N) is 2. The van der Waals surface area contributed by atoms with Crippen molar-refractivity contribution in [2.75, 3.05) is 19.6 Å². The van der Waals surface area contributed by atoms with Crippen LogP contribution in [0.2, 0.25) is 0 Å². The lowest BCUT2D eigenvalue weighted by molar-refractivity contribution is -0.135. The van der Waals surface area contributed by atoms with Gasteiger partial charge in [-0.3, -0.25) is 0 Å². The largest absolute Gasteiger partial charge is 0.477 e. The van der Waals surface area contributed by atoms with Crippen molar-refractivity contribution in [3.63, 3.8) is 0 Å². The number of hydrazine groups is 1. The Labute approximate surface area is 98.6 Å². The van der Waals surface area contributed by atoms with Crippen molar-refractivity contribution in [2.45, 2.75) is 25.3 Å². The molecule has 88 valence electrons. The predicted molar refractivity (Wildman–Crippen MR) is 61.3 cm³/mol. The number of fused-ring (bicyclic) bond motifs is 1. The van der Waals surface area contributed by atoms with Crippen LogP contribution in [0.1, 0.15) is 19.3 Å². The summed E-state index contributed by atoms with van der Waals surface area (Å²) in [4.78, 5) is 14.3. The first-order valence-electron chi connectivity index (χ1n) is 5.68. The molecule has 3 aliphatic heterocycles. The standard InChI is InChI=1S/C10H15N3O2S/c14-10(15)9-8(6-7-2-5-12(7)9)16-13-4-1-3-11-13/h7,11H,1-6H2,(H,14,15). The van der Waals surface area contributed by atoms with Crippen LogP contribution in [0.5, 0.6) is 0 Å². The third-order valence-corrected chi connectivity index (χ3v) is 4.48. The quantitative estimate of drug-likeness (QED) is 0.706. The molecule has 2 fully saturated rings. The summed E-state index contributed by atoms with van der Waals surface area (Å²) in [5.41, 5.74) is 3.78. The Morgan fingerprint density at radius 1 is 1.50 bits per heavy atom. The molecule has 0 aliphatic carbocycles. The first-order chi connectivity index (χ1) is 7.75. The van der Waals surface area contributed by atoms with Crippen molar-refractivity contribution in [3.8, 4) is 0 Å². The zero-order valence-corrected chi connectivity index (χ0v) is 9.79. The molecule has 0 amide bonds. The number of carbonyl (C=O) groups is 1. The number of nitrogens with one attached hydrogen (secondary N) is 1. The summed E-state index contributed by atoms with van der Waals surface area (Å²) in [6, 6.07) is 0.455. The summed E-state index contributed by atoms with van der Waals surface area (Å²) in [6.07, 6.45) is 3.18. The van der Waals surface area contributed by atoms with Gasteiger partial charge in [0.15, 0.2) is 0 Å². The van der Waals surface area contributed by atoms with Crippen molar-refractivity contribution < 1.29 is 9.90 Å². The van der Waals surface area contributed by atoms with E-state index in [-0.39, 0.29) is 0 Å². The summed E-state index contributed by atoms with van der Waals surface area (Å²) >= 11 is 1.58. The van der Waals surface area contributed by atoms with Gasteiger partial charge in [0.1, 0.15) is 5.70 Å². The highest BCUT2D eigenvalue weighted by atomic mass is 32.2. The topological polar surface area (TPSA) is 55.8 Å². The first kappa shape index (κ1) is 10.4. The number of hydrogen-bond acceptors (Lipinski definition) is 5. The average molecular weight is 241 g/mol. The molecule has 16 heavy (non-hydrogen) atoms. The van der Waals surface area contributed by atoms with Crippen LogP contribution in [0.25, 0.3) is 0 Å². The Balaban J connectivity index is 1.76. The zero-order chi connectivity index (χ0) is 11.1. The molecule has 0 aromatic heterocycles. The van der Waals surface area contributed by atoms with E-state index in [1.54, 1.807) is 11.9 Å². The van der Waals surface area contributed by atoms with E-state index in [2.05, 4.69) is 9.84 Å². The predicted octanol–water partition coefficient (Wildman–Crippen LogP) is 0.619. The van der Waals surface area contributed by atoms with E-state index in [0.717, 1.165) is 43.8 Å². The van der Waals surface area contributed by atoms with E-state index in [4.69, 9.17) is 0 Å². The lowest BCUT2D eigenvalue weighted by Crippen LogP contribution is -2.44. The van der Waals surface area contributed by atoms with Crippen LogP contribution in [0.15, 0.2) is 10.6 Å². The molecule has 1 atom stereocenters. The molecule has 1 unspecified atom stereocenters. The Kier molecular flexibility index (Phi) is 2.57. The number of hydrogen-bond donors (Lipinski definition) is 2. The van der Waals surface area contributed by atoms with Crippen LogP contribution < -0.4 is 5.43 Å². The van der Waals surface area contributed by atoms with Crippen LogP contribution in [0.4, 0.5) is 0 Å². The van der Waals surface area contributed by atoms with E-state index in [1.165, 1.54) is 0 Å². The second-order valence-electron chi connectivity index (χ2n) is 4.37. The van der Waals surface area contributed by atoms with Crippen molar-refractivity contribution >= 4 is 17.9 Å². The fourth-order valence-corrected chi connectivity index (χ4v) is 3.66. The second kappa shape index (κ2) is 3.94. The molecule has 0 radical (unpaired) electrons. The average Bonchev–Trinajstić information content (AvgIpc) is 2.77. The molecule has 6 heteroatoms. The molecule has 2 N–H and O–H groups in total. The van der Waals surface area contributed by atoms with E-state index < -0.39 is 5.97 Å². The summed E-state index contributed by atoms with van der Waals surface area (Å²) in [7, 11) is 0. The summed E-state index contributed by atoms with van der Waals surface area (Å²) in [6.45, 7) is 2.89. The minimum absolute atomic E-state index is 0.455. The van der Waals surface area contributed by atoms with Gasteiger partial charge in [-0.25, -0.2) is 10.2 Å². The highest BCUT2D eigenvalue weighted by molar-refractivity contribution is 8.00. The van der Waals surface area contributed by atoms with Crippen LogP contribution >= 0.6 is 11.9 Å². The Hall–Kier alpha value is -0.720. The van der Waals surface area contributed by atoms with Crippen molar-refractivity contribution in [2.24, 2.45) is 0 Å². The number of rotatable bonds is 3. The lowest BCUT2D eigenvalue weighted by atomic mass is 10.0. The Morgan fingerprint density at radius 3 is 2.94 bits per heavy atom. The molecule has 0 bridgehead atoms. The first-order valence-corrected chi connectivity index (χ1v) is 6.45. The summed E-state index contributed by atoms with van der Waals surface area (Å²) in [5.74, 6) is -0.774. The summed E-state index contributed by atoms with van der Waals surface area (Å²) in [5, 5.41) is 9.23. The fourth-order valence-electron chi connectivity index (χ4n) is 2.46. The van der Waals surface area contributed by atoms with Crippen molar-refractivity contribution in [1.82, 2.24) is 14.7 Å². The number of aliphatic carboxylic acids is 1. The molecule has 5 nitrogen and oxygen atoms in total. The third kappa shape index (κ3) is 1.61. The van der Waals surface area contributed by atoms with Crippen LogP contribution in [-0.2, 0) is 4.79 Å². The highest BCUT2D eigenvalue weighted by Crippen LogP contribution is 2.43. The van der Waals surface area contributed by atoms with Gasteiger partial charge in [0.05, 0.1) is 0 Å².